The summed E-state index contributed by atoms with van der Waals surface area (Å²) in [6.07, 6.45) is 2.37. The van der Waals surface area contributed by atoms with Crippen molar-refractivity contribution in [3.05, 3.63) is 23.8 Å². The van der Waals surface area contributed by atoms with Gasteiger partial charge in [0.05, 0.1) is 20.3 Å². The third-order valence-corrected chi connectivity index (χ3v) is 3.34. The van der Waals surface area contributed by atoms with Crippen LogP contribution in [0.2, 0.25) is 0 Å². The summed E-state index contributed by atoms with van der Waals surface area (Å²) in [6, 6.07) is 6.07. The molecule has 1 aromatic carbocycles. The van der Waals surface area contributed by atoms with Gasteiger partial charge in [-0.2, -0.15) is 0 Å². The number of methoxy groups -OCH3 is 2. The first-order valence-electron chi connectivity index (χ1n) is 7.70. The highest BCUT2D eigenvalue weighted by Crippen LogP contribution is 2.28. The van der Waals surface area contributed by atoms with Crippen LogP contribution < -0.4 is 14.8 Å². The lowest BCUT2D eigenvalue weighted by molar-refractivity contribution is 0.199. The summed E-state index contributed by atoms with van der Waals surface area (Å²) in [5.41, 5.74) is 1.19. The molecule has 0 spiro atoms. The largest absolute Gasteiger partial charge is 0.493 e. The van der Waals surface area contributed by atoms with Gasteiger partial charge in [-0.3, -0.25) is 0 Å². The third kappa shape index (κ3) is 6.82. The fraction of sp³-hybridized carbons (Fsp3) is 0.647. The molecule has 0 fully saturated rings. The number of rotatable bonds is 11. The monoisotopic (exact) mass is 295 g/mol. The predicted molar refractivity (Wildman–Crippen MR) is 86.1 cm³/mol. The Hall–Kier alpha value is -1.26. The van der Waals surface area contributed by atoms with Gasteiger partial charge in [0.25, 0.3) is 0 Å². The Morgan fingerprint density at radius 2 is 2.00 bits per heavy atom. The van der Waals surface area contributed by atoms with E-state index in [2.05, 4.69) is 31.3 Å². The van der Waals surface area contributed by atoms with Gasteiger partial charge in [0.15, 0.2) is 11.5 Å². The summed E-state index contributed by atoms with van der Waals surface area (Å²) in [6.45, 7) is 7.49. The van der Waals surface area contributed by atoms with Gasteiger partial charge in [-0.25, -0.2) is 0 Å². The van der Waals surface area contributed by atoms with Crippen molar-refractivity contribution >= 4 is 0 Å². The van der Waals surface area contributed by atoms with Crippen molar-refractivity contribution in [1.82, 2.24) is 5.32 Å². The van der Waals surface area contributed by atoms with Crippen LogP contribution in [0.1, 0.15) is 32.3 Å². The summed E-state index contributed by atoms with van der Waals surface area (Å²) < 4.78 is 16.3. The Kier molecular flexibility index (Phi) is 8.87. The lowest BCUT2D eigenvalue weighted by Crippen LogP contribution is -2.18. The van der Waals surface area contributed by atoms with Crippen LogP contribution in [-0.4, -0.2) is 34.0 Å². The number of hydrogen-bond acceptors (Lipinski definition) is 4. The molecule has 120 valence electrons. The van der Waals surface area contributed by atoms with Crippen molar-refractivity contribution in [1.29, 1.82) is 0 Å². The lowest BCUT2D eigenvalue weighted by atomic mass is 10.1. The smallest absolute Gasteiger partial charge is 0.161 e. The van der Waals surface area contributed by atoms with Gasteiger partial charge < -0.3 is 19.5 Å². The first-order chi connectivity index (χ1) is 10.2. The van der Waals surface area contributed by atoms with Crippen LogP contribution in [0.3, 0.4) is 0 Å². The van der Waals surface area contributed by atoms with E-state index < -0.39 is 0 Å². The molecule has 1 atom stereocenters. The van der Waals surface area contributed by atoms with Crippen molar-refractivity contribution in [2.75, 3.05) is 34.0 Å². The van der Waals surface area contributed by atoms with E-state index in [1.54, 1.807) is 14.2 Å². The fourth-order valence-corrected chi connectivity index (χ4v) is 2.16. The summed E-state index contributed by atoms with van der Waals surface area (Å²) in [5.74, 6) is 2.18. The molecule has 1 rings (SSSR count). The van der Waals surface area contributed by atoms with Crippen LogP contribution in [0, 0.1) is 5.92 Å². The van der Waals surface area contributed by atoms with Crippen molar-refractivity contribution in [3.63, 3.8) is 0 Å². The van der Waals surface area contributed by atoms with Crippen molar-refractivity contribution < 1.29 is 14.2 Å². The molecule has 4 heteroatoms. The van der Waals surface area contributed by atoms with Crippen molar-refractivity contribution in [2.24, 2.45) is 5.92 Å². The minimum atomic E-state index is 0.559. The van der Waals surface area contributed by atoms with Gasteiger partial charge in [0, 0.05) is 20.2 Å². The van der Waals surface area contributed by atoms with Gasteiger partial charge in [-0.1, -0.05) is 26.3 Å². The molecular weight excluding hydrogens is 266 g/mol. The number of hydrogen-bond donors (Lipinski definition) is 1. The maximum Gasteiger partial charge on any atom is 0.161 e. The van der Waals surface area contributed by atoms with E-state index in [0.29, 0.717) is 12.5 Å². The van der Waals surface area contributed by atoms with Gasteiger partial charge in [-0.05, 0) is 30.0 Å². The molecule has 1 unspecified atom stereocenters. The second-order valence-corrected chi connectivity index (χ2v) is 5.36. The van der Waals surface area contributed by atoms with Crippen LogP contribution in [-0.2, 0) is 11.3 Å². The molecule has 0 heterocycles. The highest BCUT2D eigenvalue weighted by molar-refractivity contribution is 5.42. The average molecular weight is 295 g/mol. The molecule has 0 aliphatic carbocycles. The maximum absolute atomic E-state index is 5.93. The number of ether oxygens (including phenoxy) is 3. The molecule has 21 heavy (non-hydrogen) atoms. The van der Waals surface area contributed by atoms with E-state index in [1.807, 2.05) is 6.07 Å². The summed E-state index contributed by atoms with van der Waals surface area (Å²) in [4.78, 5) is 0. The second-order valence-electron chi connectivity index (χ2n) is 5.36. The first kappa shape index (κ1) is 17.8. The molecule has 0 radical (unpaired) electrons. The minimum absolute atomic E-state index is 0.559. The van der Waals surface area contributed by atoms with E-state index in [4.69, 9.17) is 14.2 Å². The van der Waals surface area contributed by atoms with Gasteiger partial charge in [0.1, 0.15) is 0 Å². The highest BCUT2D eigenvalue weighted by Gasteiger charge is 2.08. The summed E-state index contributed by atoms with van der Waals surface area (Å²) >= 11 is 0. The van der Waals surface area contributed by atoms with Crippen LogP contribution in [0.25, 0.3) is 0 Å². The maximum atomic E-state index is 5.93. The first-order valence-corrected chi connectivity index (χ1v) is 7.70. The number of benzene rings is 1. The van der Waals surface area contributed by atoms with E-state index in [9.17, 15) is 0 Å². The predicted octanol–water partition coefficient (Wildman–Crippen LogP) is 3.25. The molecule has 0 aliphatic rings. The Bertz CT molecular complexity index is 396. The second kappa shape index (κ2) is 10.5. The zero-order chi connectivity index (χ0) is 15.5. The molecular formula is C17H29NO3. The van der Waals surface area contributed by atoms with Gasteiger partial charge in [0.2, 0.25) is 0 Å². The van der Waals surface area contributed by atoms with Crippen LogP contribution in [0.4, 0.5) is 0 Å². The quantitative estimate of drug-likeness (QED) is 0.636. The standard InChI is InChI=1S/C17H29NO3/c1-5-6-14(2)13-21-17-11-15(7-8-16(17)20-4)12-18-9-10-19-3/h7-8,11,14,18H,5-6,9-10,12-13H2,1-4H3. The normalized spacial score (nSPS) is 12.2. The van der Waals surface area contributed by atoms with Gasteiger partial charge in [-0.15, -0.1) is 0 Å². The molecule has 0 aromatic heterocycles. The third-order valence-electron chi connectivity index (χ3n) is 3.34. The molecule has 0 bridgehead atoms. The van der Waals surface area contributed by atoms with E-state index in [0.717, 1.165) is 31.2 Å². The van der Waals surface area contributed by atoms with Crippen molar-refractivity contribution in [3.8, 4) is 11.5 Å². The Morgan fingerprint density at radius 1 is 1.19 bits per heavy atom. The van der Waals surface area contributed by atoms with E-state index in [-0.39, 0.29) is 0 Å². The van der Waals surface area contributed by atoms with E-state index >= 15 is 0 Å². The Labute approximate surface area is 128 Å². The summed E-state index contributed by atoms with van der Waals surface area (Å²) in [7, 11) is 3.38. The van der Waals surface area contributed by atoms with Crippen LogP contribution in [0.5, 0.6) is 11.5 Å². The van der Waals surface area contributed by atoms with Crippen LogP contribution >= 0.6 is 0 Å². The fourth-order valence-electron chi connectivity index (χ4n) is 2.16. The van der Waals surface area contributed by atoms with Gasteiger partial charge >= 0.3 is 0 Å². The van der Waals surface area contributed by atoms with E-state index in [1.165, 1.54) is 18.4 Å². The molecule has 0 saturated carbocycles. The minimum Gasteiger partial charge on any atom is -0.493 e. The molecule has 1 N–H and O–H groups in total. The average Bonchev–Trinajstić information content (AvgIpc) is 2.50. The zero-order valence-electron chi connectivity index (χ0n) is 13.8. The molecule has 0 aliphatic heterocycles. The van der Waals surface area contributed by atoms with Crippen LogP contribution in [0.15, 0.2) is 18.2 Å². The Balaban J connectivity index is 2.58. The molecule has 0 amide bonds. The molecule has 0 saturated heterocycles. The topological polar surface area (TPSA) is 39.7 Å². The number of nitrogens with one attached hydrogen (secondary N) is 1. The lowest BCUT2D eigenvalue weighted by Gasteiger charge is -2.15. The molecule has 1 aromatic rings. The van der Waals surface area contributed by atoms with Crippen molar-refractivity contribution in [2.45, 2.75) is 33.2 Å². The Morgan fingerprint density at radius 3 is 2.67 bits per heavy atom. The SMILES string of the molecule is CCCC(C)COc1cc(CNCCOC)ccc1OC. The summed E-state index contributed by atoms with van der Waals surface area (Å²) in [5, 5.41) is 3.33. The zero-order valence-corrected chi connectivity index (χ0v) is 13.8. The molecule has 4 nitrogen and oxygen atoms in total. The highest BCUT2D eigenvalue weighted by atomic mass is 16.5.